The molecule has 1 N–H and O–H groups in total. The van der Waals surface area contributed by atoms with Crippen LogP contribution < -0.4 is 5.32 Å². The SMILES string of the molecule is CCOC(=O)c1cnn2c(C(=O)N3CCN[C@H](C)C3)ccnc12. The first-order valence-corrected chi connectivity index (χ1v) is 7.64. The predicted octanol–water partition coefficient (Wildman–Crippen LogP) is 0.340. The molecule has 1 saturated heterocycles. The molecule has 1 amide bonds. The lowest BCUT2D eigenvalue weighted by Gasteiger charge is -2.31. The highest BCUT2D eigenvalue weighted by atomic mass is 16.5. The maximum Gasteiger partial charge on any atom is 0.343 e. The monoisotopic (exact) mass is 317 g/mol. The Hall–Kier alpha value is -2.48. The molecule has 122 valence electrons. The summed E-state index contributed by atoms with van der Waals surface area (Å²) in [5.74, 6) is -0.611. The second kappa shape index (κ2) is 6.33. The van der Waals surface area contributed by atoms with Gasteiger partial charge < -0.3 is 15.0 Å². The molecule has 8 heteroatoms. The lowest BCUT2D eigenvalue weighted by Crippen LogP contribution is -2.51. The summed E-state index contributed by atoms with van der Waals surface area (Å²) in [6, 6.07) is 1.86. The molecule has 3 rings (SSSR count). The fourth-order valence-electron chi connectivity index (χ4n) is 2.69. The Bertz CT molecular complexity index is 742. The minimum atomic E-state index is -0.490. The van der Waals surface area contributed by atoms with E-state index in [0.29, 0.717) is 24.4 Å². The topological polar surface area (TPSA) is 88.8 Å². The van der Waals surface area contributed by atoms with E-state index in [0.717, 1.165) is 6.54 Å². The molecule has 8 nitrogen and oxygen atoms in total. The average molecular weight is 317 g/mol. The van der Waals surface area contributed by atoms with Gasteiger partial charge in [0, 0.05) is 31.9 Å². The van der Waals surface area contributed by atoms with Gasteiger partial charge in [-0.3, -0.25) is 4.79 Å². The molecule has 0 unspecified atom stereocenters. The van der Waals surface area contributed by atoms with E-state index in [1.807, 2.05) is 6.92 Å². The van der Waals surface area contributed by atoms with E-state index < -0.39 is 5.97 Å². The first-order valence-electron chi connectivity index (χ1n) is 7.64. The number of aromatic nitrogens is 3. The van der Waals surface area contributed by atoms with Gasteiger partial charge in [0.15, 0.2) is 5.65 Å². The van der Waals surface area contributed by atoms with Gasteiger partial charge >= 0.3 is 5.97 Å². The normalized spacial score (nSPS) is 18.2. The maximum absolute atomic E-state index is 12.8. The molecule has 0 aliphatic carbocycles. The van der Waals surface area contributed by atoms with Crippen LogP contribution in [0, 0.1) is 0 Å². The first-order chi connectivity index (χ1) is 11.1. The van der Waals surface area contributed by atoms with Gasteiger partial charge in [-0.2, -0.15) is 5.10 Å². The minimum absolute atomic E-state index is 0.121. The summed E-state index contributed by atoms with van der Waals surface area (Å²) in [6.07, 6.45) is 2.90. The predicted molar refractivity (Wildman–Crippen MR) is 82.3 cm³/mol. The molecule has 0 radical (unpaired) electrons. The van der Waals surface area contributed by atoms with Crippen LogP contribution in [-0.2, 0) is 4.74 Å². The molecule has 0 spiro atoms. The summed E-state index contributed by atoms with van der Waals surface area (Å²) < 4.78 is 6.39. The van der Waals surface area contributed by atoms with E-state index in [1.54, 1.807) is 17.9 Å². The van der Waals surface area contributed by atoms with Gasteiger partial charge in [0.2, 0.25) is 0 Å². The number of hydrogen-bond acceptors (Lipinski definition) is 6. The molecule has 1 atom stereocenters. The Morgan fingerprint density at radius 1 is 1.48 bits per heavy atom. The molecular formula is C15H19N5O3. The molecule has 1 aliphatic rings. The number of esters is 1. The van der Waals surface area contributed by atoms with Gasteiger partial charge in [-0.05, 0) is 19.9 Å². The van der Waals surface area contributed by atoms with Crippen molar-refractivity contribution in [1.29, 1.82) is 0 Å². The Balaban J connectivity index is 1.95. The quantitative estimate of drug-likeness (QED) is 0.821. The molecule has 1 fully saturated rings. The van der Waals surface area contributed by atoms with Crippen molar-refractivity contribution in [1.82, 2.24) is 24.8 Å². The van der Waals surface area contributed by atoms with Gasteiger partial charge in [-0.25, -0.2) is 14.3 Å². The number of amides is 1. The van der Waals surface area contributed by atoms with Crippen molar-refractivity contribution in [3.05, 3.63) is 29.7 Å². The highest BCUT2D eigenvalue weighted by Gasteiger charge is 2.25. The molecule has 0 bridgehead atoms. The van der Waals surface area contributed by atoms with Gasteiger partial charge in [0.1, 0.15) is 11.3 Å². The number of nitrogens with one attached hydrogen (secondary N) is 1. The van der Waals surface area contributed by atoms with Crippen molar-refractivity contribution in [3.8, 4) is 0 Å². The number of nitrogens with zero attached hydrogens (tertiary/aromatic N) is 4. The van der Waals surface area contributed by atoms with Crippen molar-refractivity contribution in [2.45, 2.75) is 19.9 Å². The molecule has 2 aromatic heterocycles. The summed E-state index contributed by atoms with van der Waals surface area (Å²) in [4.78, 5) is 30.6. The highest BCUT2D eigenvalue weighted by molar-refractivity contribution is 5.97. The van der Waals surface area contributed by atoms with Crippen LogP contribution in [0.4, 0.5) is 0 Å². The smallest absolute Gasteiger partial charge is 0.343 e. The van der Waals surface area contributed by atoms with Crippen molar-refractivity contribution in [2.75, 3.05) is 26.2 Å². The van der Waals surface area contributed by atoms with Crippen LogP contribution in [0.15, 0.2) is 18.5 Å². The van der Waals surface area contributed by atoms with Gasteiger partial charge in [-0.15, -0.1) is 0 Å². The number of carbonyl (C=O) groups excluding carboxylic acids is 2. The number of rotatable bonds is 3. The van der Waals surface area contributed by atoms with Gasteiger partial charge in [-0.1, -0.05) is 0 Å². The maximum atomic E-state index is 12.8. The number of ether oxygens (including phenoxy) is 1. The summed E-state index contributed by atoms with van der Waals surface area (Å²) in [7, 11) is 0. The molecule has 3 heterocycles. The highest BCUT2D eigenvalue weighted by Crippen LogP contribution is 2.14. The zero-order valence-electron chi connectivity index (χ0n) is 13.2. The van der Waals surface area contributed by atoms with Crippen LogP contribution in [-0.4, -0.2) is 63.7 Å². The summed E-state index contributed by atoms with van der Waals surface area (Å²) in [6.45, 7) is 6.07. The van der Waals surface area contributed by atoms with E-state index in [9.17, 15) is 9.59 Å². The van der Waals surface area contributed by atoms with Gasteiger partial charge in [0.25, 0.3) is 5.91 Å². The molecular weight excluding hydrogens is 298 g/mol. The largest absolute Gasteiger partial charge is 0.462 e. The molecule has 23 heavy (non-hydrogen) atoms. The Morgan fingerprint density at radius 3 is 3.04 bits per heavy atom. The Kier molecular flexibility index (Phi) is 4.24. The van der Waals surface area contributed by atoms with Crippen molar-refractivity contribution >= 4 is 17.5 Å². The van der Waals surface area contributed by atoms with E-state index >= 15 is 0 Å². The lowest BCUT2D eigenvalue weighted by molar-refractivity contribution is 0.0528. The minimum Gasteiger partial charge on any atom is -0.462 e. The third-order valence-corrected chi connectivity index (χ3v) is 3.77. The Morgan fingerprint density at radius 2 is 2.30 bits per heavy atom. The first kappa shape index (κ1) is 15.4. The number of fused-ring (bicyclic) bond motifs is 1. The van der Waals surface area contributed by atoms with Crippen molar-refractivity contribution in [2.24, 2.45) is 0 Å². The fraction of sp³-hybridized carbons (Fsp3) is 0.467. The lowest BCUT2D eigenvalue weighted by atomic mass is 10.2. The standard InChI is InChI=1S/C15H19N5O3/c1-3-23-15(22)11-8-18-20-12(4-5-17-13(11)20)14(21)19-7-6-16-10(2)9-19/h4-5,8,10,16H,3,6-7,9H2,1-2H3/t10-/m1/s1. The van der Waals surface area contributed by atoms with E-state index in [1.165, 1.54) is 16.9 Å². The summed E-state index contributed by atoms with van der Waals surface area (Å²) in [5, 5.41) is 7.45. The van der Waals surface area contributed by atoms with Crippen LogP contribution >= 0.6 is 0 Å². The second-order valence-corrected chi connectivity index (χ2v) is 5.45. The van der Waals surface area contributed by atoms with Crippen molar-refractivity contribution < 1.29 is 14.3 Å². The zero-order valence-corrected chi connectivity index (χ0v) is 13.2. The average Bonchev–Trinajstić information content (AvgIpc) is 2.98. The molecule has 0 aromatic carbocycles. The number of hydrogen-bond donors (Lipinski definition) is 1. The Labute approximate surface area is 133 Å². The van der Waals surface area contributed by atoms with Crippen LogP contribution in [0.25, 0.3) is 5.65 Å². The van der Waals surface area contributed by atoms with E-state index in [2.05, 4.69) is 15.4 Å². The summed E-state index contributed by atoms with van der Waals surface area (Å²) >= 11 is 0. The van der Waals surface area contributed by atoms with Crippen molar-refractivity contribution in [3.63, 3.8) is 0 Å². The van der Waals surface area contributed by atoms with Crippen LogP contribution in [0.3, 0.4) is 0 Å². The van der Waals surface area contributed by atoms with Crippen LogP contribution in [0.2, 0.25) is 0 Å². The van der Waals surface area contributed by atoms with Crippen LogP contribution in [0.5, 0.6) is 0 Å². The molecule has 2 aromatic rings. The molecule has 0 saturated carbocycles. The molecule has 1 aliphatic heterocycles. The van der Waals surface area contributed by atoms with E-state index in [4.69, 9.17) is 4.74 Å². The van der Waals surface area contributed by atoms with Crippen LogP contribution in [0.1, 0.15) is 34.7 Å². The van der Waals surface area contributed by atoms with E-state index in [-0.39, 0.29) is 24.1 Å². The third-order valence-electron chi connectivity index (χ3n) is 3.77. The zero-order chi connectivity index (χ0) is 16.4. The van der Waals surface area contributed by atoms with Gasteiger partial charge in [0.05, 0.1) is 12.8 Å². The summed E-state index contributed by atoms with van der Waals surface area (Å²) in [5.41, 5.74) is 0.979. The second-order valence-electron chi connectivity index (χ2n) is 5.45. The number of piperazine rings is 1. The third kappa shape index (κ3) is 2.89. The fourth-order valence-corrected chi connectivity index (χ4v) is 2.69. The number of carbonyl (C=O) groups is 2.